The number of oxazole rings is 1. The van der Waals surface area contributed by atoms with Gasteiger partial charge in [0.2, 0.25) is 5.89 Å². The number of urea groups is 1. The van der Waals surface area contributed by atoms with Crippen molar-refractivity contribution in [3.63, 3.8) is 0 Å². The van der Waals surface area contributed by atoms with Crippen LogP contribution in [0.3, 0.4) is 0 Å². The van der Waals surface area contributed by atoms with Crippen molar-refractivity contribution in [1.82, 2.24) is 20.1 Å². The van der Waals surface area contributed by atoms with E-state index in [4.69, 9.17) is 9.52 Å². The van der Waals surface area contributed by atoms with Gasteiger partial charge in [0.15, 0.2) is 0 Å². The Morgan fingerprint density at radius 1 is 1.40 bits per heavy atom. The highest BCUT2D eigenvalue weighted by Crippen LogP contribution is 2.04. The lowest BCUT2D eigenvalue weighted by Crippen LogP contribution is -2.52. The standard InChI is InChI=1S/C12H18N4O4/c1-9-6-13-10(20-9)7-14-12(19)16-4-2-15(3-5-16)8-11(17)18/h6H,2-5,7-8H2,1H3,(H,14,19)(H,17,18). The molecule has 20 heavy (non-hydrogen) atoms. The lowest BCUT2D eigenvalue weighted by atomic mass is 10.3. The van der Waals surface area contributed by atoms with Gasteiger partial charge in [0.05, 0.1) is 19.3 Å². The minimum Gasteiger partial charge on any atom is -0.480 e. The number of carbonyl (C=O) groups is 2. The third-order valence-corrected chi connectivity index (χ3v) is 3.08. The van der Waals surface area contributed by atoms with Crippen LogP contribution in [0.4, 0.5) is 4.79 Å². The van der Waals surface area contributed by atoms with Crippen LogP contribution >= 0.6 is 0 Å². The van der Waals surface area contributed by atoms with Gasteiger partial charge in [-0.3, -0.25) is 9.69 Å². The van der Waals surface area contributed by atoms with E-state index in [-0.39, 0.29) is 19.1 Å². The molecule has 2 N–H and O–H groups in total. The van der Waals surface area contributed by atoms with Gasteiger partial charge < -0.3 is 19.7 Å². The molecule has 110 valence electrons. The summed E-state index contributed by atoms with van der Waals surface area (Å²) < 4.78 is 5.26. The predicted octanol–water partition coefficient (Wildman–Crippen LogP) is -0.105. The summed E-state index contributed by atoms with van der Waals surface area (Å²) in [5.74, 6) is 0.332. The number of hydrogen-bond acceptors (Lipinski definition) is 5. The lowest BCUT2D eigenvalue weighted by molar-refractivity contribution is -0.138. The van der Waals surface area contributed by atoms with Crippen molar-refractivity contribution >= 4 is 12.0 Å². The number of aryl methyl sites for hydroxylation is 1. The number of nitrogens with zero attached hydrogens (tertiary/aromatic N) is 3. The van der Waals surface area contributed by atoms with Gasteiger partial charge in [-0.15, -0.1) is 0 Å². The number of rotatable bonds is 4. The zero-order chi connectivity index (χ0) is 14.5. The molecule has 0 aliphatic carbocycles. The molecule has 2 rings (SSSR count). The van der Waals surface area contributed by atoms with E-state index >= 15 is 0 Å². The molecule has 0 unspecified atom stereocenters. The topological polar surface area (TPSA) is 98.9 Å². The molecule has 2 heterocycles. The average Bonchev–Trinajstić information content (AvgIpc) is 2.82. The molecule has 8 heteroatoms. The fourth-order valence-corrected chi connectivity index (χ4v) is 2.05. The van der Waals surface area contributed by atoms with Gasteiger partial charge in [-0.1, -0.05) is 0 Å². The fourth-order valence-electron chi connectivity index (χ4n) is 2.05. The molecular formula is C12H18N4O4. The minimum absolute atomic E-state index is 0.0189. The number of carbonyl (C=O) groups excluding carboxylic acids is 1. The summed E-state index contributed by atoms with van der Waals surface area (Å²) in [6, 6.07) is -0.184. The maximum atomic E-state index is 11.9. The van der Waals surface area contributed by atoms with Crippen LogP contribution in [-0.4, -0.2) is 64.6 Å². The number of piperazine rings is 1. The Bertz CT molecular complexity index is 480. The predicted molar refractivity (Wildman–Crippen MR) is 69.1 cm³/mol. The Balaban J connectivity index is 1.73. The summed E-state index contributed by atoms with van der Waals surface area (Å²) in [7, 11) is 0. The van der Waals surface area contributed by atoms with Crippen molar-refractivity contribution in [2.75, 3.05) is 32.7 Å². The Labute approximate surface area is 116 Å². The Morgan fingerprint density at radius 2 is 2.10 bits per heavy atom. The third kappa shape index (κ3) is 3.95. The second-order valence-electron chi connectivity index (χ2n) is 4.68. The Hall–Kier alpha value is -2.09. The maximum absolute atomic E-state index is 11.9. The summed E-state index contributed by atoms with van der Waals surface area (Å²) >= 11 is 0. The lowest BCUT2D eigenvalue weighted by Gasteiger charge is -2.33. The van der Waals surface area contributed by atoms with E-state index in [1.807, 2.05) is 4.90 Å². The average molecular weight is 282 g/mol. The first-order valence-corrected chi connectivity index (χ1v) is 6.43. The number of aliphatic carboxylic acids is 1. The van der Waals surface area contributed by atoms with Crippen LogP contribution in [-0.2, 0) is 11.3 Å². The zero-order valence-corrected chi connectivity index (χ0v) is 11.3. The highest BCUT2D eigenvalue weighted by atomic mass is 16.4. The Kier molecular flexibility index (Phi) is 4.57. The summed E-state index contributed by atoms with van der Waals surface area (Å²) in [4.78, 5) is 30.0. The van der Waals surface area contributed by atoms with E-state index in [1.165, 1.54) is 0 Å². The summed E-state index contributed by atoms with van der Waals surface area (Å²) in [6.07, 6.45) is 1.60. The van der Waals surface area contributed by atoms with Gasteiger partial charge in [-0.25, -0.2) is 9.78 Å². The molecule has 1 fully saturated rings. The normalized spacial score (nSPS) is 16.1. The molecule has 2 amide bonds. The van der Waals surface area contributed by atoms with Crippen LogP contribution in [0.1, 0.15) is 11.7 Å². The highest BCUT2D eigenvalue weighted by Gasteiger charge is 2.22. The van der Waals surface area contributed by atoms with Crippen LogP contribution in [0, 0.1) is 6.92 Å². The van der Waals surface area contributed by atoms with Gasteiger partial charge in [-0.2, -0.15) is 0 Å². The molecular weight excluding hydrogens is 264 g/mol. The maximum Gasteiger partial charge on any atom is 0.317 e. The van der Waals surface area contributed by atoms with Gasteiger partial charge in [-0.05, 0) is 6.92 Å². The summed E-state index contributed by atoms with van der Waals surface area (Å²) in [5, 5.41) is 11.4. The summed E-state index contributed by atoms with van der Waals surface area (Å²) in [5.41, 5.74) is 0. The van der Waals surface area contributed by atoms with E-state index < -0.39 is 5.97 Å². The van der Waals surface area contributed by atoms with Crippen LogP contribution < -0.4 is 5.32 Å². The molecule has 0 saturated carbocycles. The fraction of sp³-hybridized carbons (Fsp3) is 0.583. The second kappa shape index (κ2) is 6.38. The van der Waals surface area contributed by atoms with Crippen LogP contribution in [0.5, 0.6) is 0 Å². The SMILES string of the molecule is Cc1cnc(CNC(=O)N2CCN(CC(=O)O)CC2)o1. The van der Waals surface area contributed by atoms with Crippen molar-refractivity contribution < 1.29 is 19.1 Å². The van der Waals surface area contributed by atoms with Crippen LogP contribution in [0.15, 0.2) is 10.6 Å². The molecule has 0 radical (unpaired) electrons. The van der Waals surface area contributed by atoms with Gasteiger partial charge >= 0.3 is 12.0 Å². The van der Waals surface area contributed by atoms with Gasteiger partial charge in [0, 0.05) is 26.2 Å². The van der Waals surface area contributed by atoms with Crippen molar-refractivity contribution in [1.29, 1.82) is 0 Å². The third-order valence-electron chi connectivity index (χ3n) is 3.08. The van der Waals surface area contributed by atoms with E-state index in [9.17, 15) is 9.59 Å². The molecule has 1 saturated heterocycles. The first kappa shape index (κ1) is 14.3. The minimum atomic E-state index is -0.845. The first-order valence-electron chi connectivity index (χ1n) is 6.43. The summed E-state index contributed by atoms with van der Waals surface area (Å²) in [6.45, 7) is 4.23. The molecule has 0 bridgehead atoms. The quantitative estimate of drug-likeness (QED) is 0.799. The van der Waals surface area contributed by atoms with E-state index in [0.717, 1.165) is 0 Å². The number of carboxylic acid groups (broad SMARTS) is 1. The number of aromatic nitrogens is 1. The van der Waals surface area contributed by atoms with E-state index in [0.29, 0.717) is 37.8 Å². The molecule has 8 nitrogen and oxygen atoms in total. The Morgan fingerprint density at radius 3 is 2.65 bits per heavy atom. The molecule has 1 aromatic heterocycles. The largest absolute Gasteiger partial charge is 0.480 e. The number of hydrogen-bond donors (Lipinski definition) is 2. The number of amides is 2. The molecule has 0 aromatic carbocycles. The zero-order valence-electron chi connectivity index (χ0n) is 11.3. The van der Waals surface area contributed by atoms with Crippen molar-refractivity contribution in [2.24, 2.45) is 0 Å². The smallest absolute Gasteiger partial charge is 0.317 e. The van der Waals surface area contributed by atoms with Crippen molar-refractivity contribution in [3.05, 3.63) is 17.8 Å². The monoisotopic (exact) mass is 282 g/mol. The van der Waals surface area contributed by atoms with E-state index in [1.54, 1.807) is 18.0 Å². The molecule has 1 aliphatic heterocycles. The molecule has 0 atom stereocenters. The van der Waals surface area contributed by atoms with E-state index in [2.05, 4.69) is 10.3 Å². The molecule has 1 aromatic rings. The second-order valence-corrected chi connectivity index (χ2v) is 4.68. The first-order chi connectivity index (χ1) is 9.54. The number of carboxylic acids is 1. The molecule has 1 aliphatic rings. The van der Waals surface area contributed by atoms with Crippen molar-refractivity contribution in [3.8, 4) is 0 Å². The highest BCUT2D eigenvalue weighted by molar-refractivity contribution is 5.74. The van der Waals surface area contributed by atoms with Gasteiger partial charge in [0.1, 0.15) is 5.76 Å². The molecule has 0 spiro atoms. The van der Waals surface area contributed by atoms with Crippen molar-refractivity contribution in [2.45, 2.75) is 13.5 Å². The van der Waals surface area contributed by atoms with Crippen LogP contribution in [0.2, 0.25) is 0 Å². The van der Waals surface area contributed by atoms with Gasteiger partial charge in [0.25, 0.3) is 0 Å². The number of nitrogens with one attached hydrogen (secondary N) is 1. The van der Waals surface area contributed by atoms with Crippen LogP contribution in [0.25, 0.3) is 0 Å².